The summed E-state index contributed by atoms with van der Waals surface area (Å²) in [6, 6.07) is 12.5. The van der Waals surface area contributed by atoms with Gasteiger partial charge >= 0.3 is 0 Å². The van der Waals surface area contributed by atoms with Crippen molar-refractivity contribution < 1.29 is 4.57 Å². The van der Waals surface area contributed by atoms with Gasteiger partial charge in [0.25, 0.3) is 6.33 Å². The van der Waals surface area contributed by atoms with Crippen LogP contribution in [0.5, 0.6) is 0 Å². The van der Waals surface area contributed by atoms with Crippen LogP contribution in [0.4, 0.5) is 0 Å². The average molecular weight is 366 g/mol. The predicted octanol–water partition coefficient (Wildman–Crippen LogP) is 3.62. The molecule has 4 heteroatoms. The number of aryl methyl sites for hydroxylation is 2. The molecule has 0 saturated heterocycles. The van der Waals surface area contributed by atoms with Crippen LogP contribution in [0.2, 0.25) is 38.3 Å². The maximum absolute atomic E-state index is 4.76. The number of rotatable bonds is 1. The first kappa shape index (κ1) is 16.9. The summed E-state index contributed by atoms with van der Waals surface area (Å²) in [5, 5.41) is 7.67. The number of aromatic nitrogens is 2. The van der Waals surface area contributed by atoms with Gasteiger partial charge in [0.15, 0.2) is 5.52 Å². The molecule has 2 heterocycles. The van der Waals surface area contributed by atoms with Crippen LogP contribution in [-0.2, 0) is 13.5 Å². The summed E-state index contributed by atoms with van der Waals surface area (Å²) in [6.45, 7) is 12.5. The molecule has 0 saturated carbocycles. The lowest BCUT2D eigenvalue weighted by molar-refractivity contribution is -0.680. The molecule has 130 valence electrons. The van der Waals surface area contributed by atoms with E-state index in [4.69, 9.17) is 4.98 Å². The Morgan fingerprint density at radius 1 is 1.00 bits per heavy atom. The molecule has 4 rings (SSSR count). The third-order valence-corrected chi connectivity index (χ3v) is 13.9. The molecule has 0 spiro atoms. The largest absolute Gasteiger partial charge is 0.286 e. The Hall–Kier alpha value is -1.53. The highest BCUT2D eigenvalue weighted by atomic mass is 28.3. The molecule has 2 nitrogen and oxygen atoms in total. The van der Waals surface area contributed by atoms with Gasteiger partial charge in [0.2, 0.25) is 0 Å². The lowest BCUT2D eigenvalue weighted by Crippen LogP contribution is -2.63. The van der Waals surface area contributed by atoms with Crippen LogP contribution in [0.3, 0.4) is 0 Å². The summed E-state index contributed by atoms with van der Waals surface area (Å²) < 4.78 is 2.17. The predicted molar refractivity (Wildman–Crippen MR) is 114 cm³/mol. The van der Waals surface area contributed by atoms with Crippen molar-refractivity contribution in [3.63, 3.8) is 0 Å². The standard InChI is InChI=1S/C21H29N2Si2/c1-7-19-17-12-15-8-9-20-21(25(5,6)11-10-24(20,3)4)16(15)13-18(17)22-14-23(19)2/h8-9,12-14H,7,10-11H2,1-6H3/q+1. The van der Waals surface area contributed by atoms with Crippen molar-refractivity contribution >= 4 is 48.2 Å². The number of nitrogens with zero attached hydrogens (tertiary/aromatic N) is 2. The maximum Gasteiger partial charge on any atom is 0.286 e. The molecule has 0 atom stereocenters. The monoisotopic (exact) mass is 365 g/mol. The summed E-state index contributed by atoms with van der Waals surface area (Å²) in [7, 11) is -0.580. The Labute approximate surface area is 152 Å². The minimum atomic E-state index is -1.38. The Balaban J connectivity index is 2.13. The molecule has 25 heavy (non-hydrogen) atoms. The number of hydrogen-bond acceptors (Lipinski definition) is 1. The normalized spacial score (nSPS) is 18.5. The summed E-state index contributed by atoms with van der Waals surface area (Å²) in [5.41, 5.74) is 2.53. The number of benzene rings is 2. The Kier molecular flexibility index (Phi) is 3.71. The summed E-state index contributed by atoms with van der Waals surface area (Å²) in [4.78, 5) is 4.76. The van der Waals surface area contributed by atoms with E-state index in [1.54, 1.807) is 10.4 Å². The highest BCUT2D eigenvalue weighted by molar-refractivity contribution is 7.04. The summed E-state index contributed by atoms with van der Waals surface area (Å²) >= 11 is 0. The first-order valence-corrected chi connectivity index (χ1v) is 15.9. The molecular formula is C21H29N2Si2+. The molecule has 0 unspecified atom stereocenters. The molecule has 0 amide bonds. The zero-order chi connectivity index (χ0) is 18.0. The minimum absolute atomic E-state index is 1.03. The van der Waals surface area contributed by atoms with E-state index >= 15 is 0 Å². The van der Waals surface area contributed by atoms with Gasteiger partial charge in [-0.1, -0.05) is 67.7 Å². The second-order valence-corrected chi connectivity index (χ2v) is 18.6. The first-order chi connectivity index (χ1) is 11.7. The Bertz CT molecular complexity index is 1010. The van der Waals surface area contributed by atoms with Gasteiger partial charge in [-0.3, -0.25) is 0 Å². The van der Waals surface area contributed by atoms with E-state index < -0.39 is 16.1 Å². The van der Waals surface area contributed by atoms with Gasteiger partial charge in [-0.05, 0) is 27.9 Å². The zero-order valence-electron chi connectivity index (χ0n) is 16.4. The molecule has 1 aliphatic rings. The van der Waals surface area contributed by atoms with E-state index in [1.807, 2.05) is 6.33 Å². The number of fused-ring (bicyclic) bond motifs is 4. The molecule has 2 aromatic carbocycles. The van der Waals surface area contributed by atoms with Crippen LogP contribution in [0.15, 0.2) is 30.6 Å². The van der Waals surface area contributed by atoms with Crippen LogP contribution in [0, 0.1) is 0 Å². The summed E-state index contributed by atoms with van der Waals surface area (Å²) in [6.07, 6.45) is 3.01. The van der Waals surface area contributed by atoms with Crippen molar-refractivity contribution in [2.45, 2.75) is 51.6 Å². The molecule has 0 aliphatic carbocycles. The Morgan fingerprint density at radius 2 is 1.72 bits per heavy atom. The second-order valence-electron chi connectivity index (χ2n) is 9.00. The van der Waals surface area contributed by atoms with Crippen LogP contribution in [0.1, 0.15) is 12.6 Å². The van der Waals surface area contributed by atoms with E-state index in [9.17, 15) is 0 Å². The molecule has 3 aromatic rings. The fourth-order valence-electron chi connectivity index (χ4n) is 4.72. The topological polar surface area (TPSA) is 16.8 Å². The van der Waals surface area contributed by atoms with Gasteiger partial charge in [-0.15, -0.1) is 0 Å². The second kappa shape index (κ2) is 5.48. The third-order valence-electron chi connectivity index (χ3n) is 6.36. The molecular weight excluding hydrogens is 336 g/mol. The maximum atomic E-state index is 4.76. The first-order valence-electron chi connectivity index (χ1n) is 9.49. The van der Waals surface area contributed by atoms with Crippen molar-refractivity contribution in [3.05, 3.63) is 36.3 Å². The fourth-order valence-corrected chi connectivity index (χ4v) is 15.4. The van der Waals surface area contributed by atoms with Crippen molar-refractivity contribution in [2.75, 3.05) is 0 Å². The SMILES string of the molecule is CCc1c2cc3ccc4c(c3cc2nc[n+]1C)[Si](C)(C)CC[Si]4(C)C. The van der Waals surface area contributed by atoms with Gasteiger partial charge in [-0.25, -0.2) is 4.57 Å². The molecule has 0 N–H and O–H groups in total. The van der Waals surface area contributed by atoms with Crippen molar-refractivity contribution in [2.24, 2.45) is 7.05 Å². The smallest absolute Gasteiger partial charge is 0.236 e. The lowest BCUT2D eigenvalue weighted by atomic mass is 10.0. The average Bonchev–Trinajstić information content (AvgIpc) is 2.56. The van der Waals surface area contributed by atoms with Crippen LogP contribution >= 0.6 is 0 Å². The van der Waals surface area contributed by atoms with Gasteiger partial charge in [0.05, 0.1) is 28.6 Å². The van der Waals surface area contributed by atoms with Crippen molar-refractivity contribution in [1.29, 1.82) is 0 Å². The van der Waals surface area contributed by atoms with Crippen molar-refractivity contribution in [1.82, 2.24) is 4.98 Å². The molecule has 0 fully saturated rings. The van der Waals surface area contributed by atoms with Crippen LogP contribution in [-0.4, -0.2) is 21.1 Å². The van der Waals surface area contributed by atoms with E-state index in [1.165, 1.54) is 33.9 Å². The molecule has 1 aromatic heterocycles. The molecule has 0 radical (unpaired) electrons. The highest BCUT2D eigenvalue weighted by Crippen LogP contribution is 2.30. The highest BCUT2D eigenvalue weighted by Gasteiger charge is 2.40. The van der Waals surface area contributed by atoms with Gasteiger partial charge < -0.3 is 0 Å². The van der Waals surface area contributed by atoms with Gasteiger partial charge in [-0.2, -0.15) is 0 Å². The summed E-state index contributed by atoms with van der Waals surface area (Å²) in [5.74, 6) is 0. The zero-order valence-corrected chi connectivity index (χ0v) is 18.4. The molecule has 0 bridgehead atoms. The lowest BCUT2D eigenvalue weighted by Gasteiger charge is -2.40. The number of hydrogen-bond donors (Lipinski definition) is 0. The third kappa shape index (κ3) is 2.49. The van der Waals surface area contributed by atoms with E-state index in [-0.39, 0.29) is 0 Å². The quantitative estimate of drug-likeness (QED) is 0.366. The van der Waals surface area contributed by atoms with Crippen molar-refractivity contribution in [3.8, 4) is 0 Å². The molecule has 1 aliphatic heterocycles. The van der Waals surface area contributed by atoms with E-state index in [0.717, 1.165) is 11.9 Å². The van der Waals surface area contributed by atoms with Crippen LogP contribution < -0.4 is 14.9 Å². The van der Waals surface area contributed by atoms with E-state index in [0.29, 0.717) is 0 Å². The fraction of sp³-hybridized carbons (Fsp3) is 0.429. The van der Waals surface area contributed by atoms with E-state index in [2.05, 4.69) is 69.0 Å². The minimum Gasteiger partial charge on any atom is -0.236 e. The Morgan fingerprint density at radius 3 is 2.44 bits per heavy atom. The van der Waals surface area contributed by atoms with Gasteiger partial charge in [0.1, 0.15) is 5.69 Å². The van der Waals surface area contributed by atoms with Crippen LogP contribution in [0.25, 0.3) is 21.7 Å². The van der Waals surface area contributed by atoms with Gasteiger partial charge in [0, 0.05) is 6.42 Å².